The van der Waals surface area contributed by atoms with E-state index < -0.39 is 0 Å². The summed E-state index contributed by atoms with van der Waals surface area (Å²) in [7, 11) is 3.56. The highest BCUT2D eigenvalue weighted by molar-refractivity contribution is 5.30. The number of aromatic nitrogens is 2. The summed E-state index contributed by atoms with van der Waals surface area (Å²) in [6.07, 6.45) is 1.78. The van der Waals surface area contributed by atoms with Crippen molar-refractivity contribution in [3.63, 3.8) is 0 Å². The Morgan fingerprint density at radius 2 is 2.24 bits per heavy atom. The summed E-state index contributed by atoms with van der Waals surface area (Å²) in [5.41, 5.74) is 2.13. The lowest BCUT2D eigenvalue weighted by atomic mass is 9.82. The van der Waals surface area contributed by atoms with Crippen molar-refractivity contribution in [1.82, 2.24) is 15.1 Å². The van der Waals surface area contributed by atoms with Gasteiger partial charge in [-0.15, -0.1) is 0 Å². The van der Waals surface area contributed by atoms with E-state index in [1.807, 2.05) is 14.0 Å². The molecule has 1 aromatic heterocycles. The van der Waals surface area contributed by atoms with E-state index in [0.717, 1.165) is 43.1 Å². The lowest BCUT2D eigenvalue weighted by molar-refractivity contribution is 0.0429. The lowest BCUT2D eigenvalue weighted by Crippen LogP contribution is -2.35. The van der Waals surface area contributed by atoms with Crippen LogP contribution in [0.4, 0.5) is 0 Å². The van der Waals surface area contributed by atoms with Crippen LogP contribution in [-0.4, -0.2) is 34.6 Å². The largest absolute Gasteiger partial charge is 0.481 e. The van der Waals surface area contributed by atoms with Crippen LogP contribution in [0.25, 0.3) is 0 Å². The Hall–Kier alpha value is -1.07. The number of hydrogen-bond acceptors (Lipinski definition) is 4. The molecule has 2 N–H and O–H groups in total. The van der Waals surface area contributed by atoms with Crippen molar-refractivity contribution in [2.75, 3.05) is 13.7 Å². The highest BCUT2D eigenvalue weighted by Gasteiger charge is 2.26. The van der Waals surface area contributed by atoms with Crippen LogP contribution in [0.1, 0.15) is 24.1 Å². The fourth-order valence-corrected chi connectivity index (χ4v) is 2.41. The van der Waals surface area contributed by atoms with Crippen LogP contribution in [0, 0.1) is 12.8 Å². The second kappa shape index (κ2) is 5.06. The third kappa shape index (κ3) is 2.61. The van der Waals surface area contributed by atoms with Crippen LogP contribution in [0.5, 0.6) is 5.88 Å². The zero-order valence-corrected chi connectivity index (χ0v) is 10.7. The molecule has 0 radical (unpaired) electrons. The lowest BCUT2D eigenvalue weighted by Gasteiger charge is -2.31. The smallest absolute Gasteiger partial charge is 0.216 e. The molecule has 96 valence electrons. The van der Waals surface area contributed by atoms with Crippen molar-refractivity contribution in [1.29, 1.82) is 0 Å². The van der Waals surface area contributed by atoms with Crippen LogP contribution in [0.2, 0.25) is 0 Å². The molecule has 0 aliphatic heterocycles. The minimum absolute atomic E-state index is 0.0727. The van der Waals surface area contributed by atoms with E-state index in [1.165, 1.54) is 0 Å². The van der Waals surface area contributed by atoms with Crippen molar-refractivity contribution in [2.45, 2.75) is 32.4 Å². The summed E-state index contributed by atoms with van der Waals surface area (Å²) < 4.78 is 7.10. The summed E-state index contributed by atoms with van der Waals surface area (Å²) in [4.78, 5) is 0. The molecule has 0 aromatic carbocycles. The van der Waals surface area contributed by atoms with Crippen LogP contribution >= 0.6 is 0 Å². The predicted octanol–water partition coefficient (Wildman–Crippen LogP) is 0.598. The Morgan fingerprint density at radius 1 is 1.53 bits per heavy atom. The molecule has 17 heavy (non-hydrogen) atoms. The number of aliphatic hydroxyl groups is 1. The van der Waals surface area contributed by atoms with Gasteiger partial charge in [-0.05, 0) is 32.2 Å². The molecule has 1 aliphatic rings. The molecular formula is C12H21N3O2. The van der Waals surface area contributed by atoms with E-state index in [1.54, 1.807) is 11.8 Å². The van der Waals surface area contributed by atoms with Gasteiger partial charge in [0.25, 0.3) is 0 Å². The van der Waals surface area contributed by atoms with E-state index in [2.05, 4.69) is 10.4 Å². The van der Waals surface area contributed by atoms with Gasteiger partial charge in [0.1, 0.15) is 0 Å². The van der Waals surface area contributed by atoms with Gasteiger partial charge in [-0.25, -0.2) is 4.68 Å². The summed E-state index contributed by atoms with van der Waals surface area (Å²) in [6.45, 7) is 3.72. The van der Waals surface area contributed by atoms with Gasteiger partial charge in [0, 0.05) is 13.6 Å². The Labute approximate surface area is 102 Å². The maximum atomic E-state index is 9.20. The van der Waals surface area contributed by atoms with Crippen LogP contribution in [0.15, 0.2) is 0 Å². The number of aryl methyl sites for hydroxylation is 2. The fourth-order valence-electron chi connectivity index (χ4n) is 2.41. The molecule has 2 rings (SSSR count). The third-order valence-electron chi connectivity index (χ3n) is 3.43. The number of rotatable bonds is 5. The normalized spacial score (nSPS) is 23.5. The predicted molar refractivity (Wildman–Crippen MR) is 64.9 cm³/mol. The summed E-state index contributed by atoms with van der Waals surface area (Å²) in [5.74, 6) is 1.44. The summed E-state index contributed by atoms with van der Waals surface area (Å²) in [5, 5.41) is 16.9. The number of nitrogens with zero attached hydrogens (tertiary/aromatic N) is 2. The van der Waals surface area contributed by atoms with Gasteiger partial charge >= 0.3 is 0 Å². The number of aliphatic hydroxyl groups excluding tert-OH is 1. The van der Waals surface area contributed by atoms with Gasteiger partial charge in [0.05, 0.1) is 24.5 Å². The molecular weight excluding hydrogens is 218 g/mol. The van der Waals surface area contributed by atoms with Crippen LogP contribution in [0.3, 0.4) is 0 Å². The van der Waals surface area contributed by atoms with E-state index in [0.29, 0.717) is 5.92 Å². The monoisotopic (exact) mass is 239 g/mol. The second-order valence-electron chi connectivity index (χ2n) is 4.82. The van der Waals surface area contributed by atoms with Crippen molar-refractivity contribution in [3.05, 3.63) is 11.3 Å². The number of hydrogen-bond donors (Lipinski definition) is 2. The van der Waals surface area contributed by atoms with Crippen LogP contribution in [-0.2, 0) is 13.6 Å². The maximum Gasteiger partial charge on any atom is 0.216 e. The fraction of sp³-hybridized carbons (Fsp3) is 0.750. The molecule has 0 spiro atoms. The van der Waals surface area contributed by atoms with Gasteiger partial charge in [-0.3, -0.25) is 0 Å². The molecule has 5 heteroatoms. The molecule has 0 atom stereocenters. The van der Waals surface area contributed by atoms with Gasteiger partial charge in [0.2, 0.25) is 5.88 Å². The Kier molecular flexibility index (Phi) is 3.69. The molecule has 1 heterocycles. The Balaban J connectivity index is 1.86. The molecule has 5 nitrogen and oxygen atoms in total. The highest BCUT2D eigenvalue weighted by Crippen LogP contribution is 2.26. The first-order valence-corrected chi connectivity index (χ1v) is 6.07. The van der Waals surface area contributed by atoms with Crippen molar-refractivity contribution in [3.8, 4) is 5.88 Å². The number of nitrogens with one attached hydrogen (secondary N) is 1. The first-order chi connectivity index (χ1) is 8.11. The number of methoxy groups -OCH3 is 1. The first-order valence-electron chi connectivity index (χ1n) is 6.07. The average Bonchev–Trinajstić information content (AvgIpc) is 2.50. The highest BCUT2D eigenvalue weighted by atomic mass is 16.5. The molecule has 1 saturated carbocycles. The van der Waals surface area contributed by atoms with Crippen LogP contribution < -0.4 is 10.1 Å². The molecule has 0 bridgehead atoms. The van der Waals surface area contributed by atoms with Crippen molar-refractivity contribution >= 4 is 0 Å². The van der Waals surface area contributed by atoms with Crippen molar-refractivity contribution < 1.29 is 9.84 Å². The maximum absolute atomic E-state index is 9.20. The van der Waals surface area contributed by atoms with Gasteiger partial charge < -0.3 is 15.2 Å². The SMILES string of the molecule is COc1c(CNCC2CC(O)C2)c(C)nn1C. The number of ether oxygens (including phenoxy) is 1. The quantitative estimate of drug-likeness (QED) is 0.790. The molecule has 1 aromatic rings. The summed E-state index contributed by atoms with van der Waals surface area (Å²) >= 11 is 0. The van der Waals surface area contributed by atoms with E-state index in [-0.39, 0.29) is 6.10 Å². The zero-order valence-electron chi connectivity index (χ0n) is 10.7. The third-order valence-corrected chi connectivity index (χ3v) is 3.43. The molecule has 1 fully saturated rings. The Morgan fingerprint density at radius 3 is 2.82 bits per heavy atom. The zero-order chi connectivity index (χ0) is 12.4. The minimum Gasteiger partial charge on any atom is -0.481 e. The topological polar surface area (TPSA) is 59.3 Å². The summed E-state index contributed by atoms with van der Waals surface area (Å²) in [6, 6.07) is 0. The average molecular weight is 239 g/mol. The van der Waals surface area contributed by atoms with Gasteiger partial charge in [0.15, 0.2) is 0 Å². The second-order valence-corrected chi connectivity index (χ2v) is 4.82. The minimum atomic E-state index is -0.0727. The molecule has 1 aliphatic carbocycles. The first kappa shape index (κ1) is 12.4. The van der Waals surface area contributed by atoms with Gasteiger partial charge in [-0.1, -0.05) is 0 Å². The van der Waals surface area contributed by atoms with E-state index >= 15 is 0 Å². The molecule has 0 unspecified atom stereocenters. The Bertz CT molecular complexity index is 383. The molecule has 0 saturated heterocycles. The van der Waals surface area contributed by atoms with E-state index in [4.69, 9.17) is 4.74 Å². The van der Waals surface area contributed by atoms with Crippen molar-refractivity contribution in [2.24, 2.45) is 13.0 Å². The van der Waals surface area contributed by atoms with Gasteiger partial charge in [-0.2, -0.15) is 5.10 Å². The van der Waals surface area contributed by atoms with E-state index in [9.17, 15) is 5.11 Å². The standard InChI is InChI=1S/C12H21N3O2/c1-8-11(12(17-3)15(2)14-8)7-13-6-9-4-10(16)5-9/h9-10,13,16H,4-7H2,1-3H3. The molecule has 0 amide bonds.